The first kappa shape index (κ1) is 14.5. The Morgan fingerprint density at radius 2 is 2.24 bits per heavy atom. The minimum atomic E-state index is -0.351. The number of nitrogens with zero attached hydrogens (tertiary/aromatic N) is 1. The Bertz CT molecular complexity index is 244. The summed E-state index contributed by atoms with van der Waals surface area (Å²) in [4.78, 5) is 14.0. The Kier molecular flexibility index (Phi) is 5.92. The molecule has 2 unspecified atom stereocenters. The first-order valence-corrected chi connectivity index (χ1v) is 6.59. The lowest BCUT2D eigenvalue weighted by atomic mass is 9.95. The molecule has 0 spiro atoms. The van der Waals surface area contributed by atoms with Gasteiger partial charge >= 0.3 is 0 Å². The molecule has 1 rings (SSSR count). The smallest absolute Gasteiger partial charge is 0.239 e. The number of likely N-dealkylation sites (tertiary alicyclic amines) is 1. The highest BCUT2D eigenvalue weighted by atomic mass is 16.5. The van der Waals surface area contributed by atoms with Crippen LogP contribution in [0.15, 0.2) is 0 Å². The molecule has 2 N–H and O–H groups in total. The maximum Gasteiger partial charge on any atom is 0.239 e. The van der Waals surface area contributed by atoms with Gasteiger partial charge in [-0.25, -0.2) is 0 Å². The van der Waals surface area contributed by atoms with Crippen LogP contribution in [0.5, 0.6) is 0 Å². The number of carbonyl (C=O) groups excluding carboxylic acids is 1. The minimum absolute atomic E-state index is 0.115. The third-order valence-electron chi connectivity index (χ3n) is 3.66. The van der Waals surface area contributed by atoms with Crippen molar-refractivity contribution in [3.05, 3.63) is 0 Å². The van der Waals surface area contributed by atoms with Gasteiger partial charge < -0.3 is 15.4 Å². The average Bonchev–Trinajstić information content (AvgIpc) is 2.77. The van der Waals surface area contributed by atoms with Crippen molar-refractivity contribution in [3.8, 4) is 0 Å². The van der Waals surface area contributed by atoms with Gasteiger partial charge in [-0.3, -0.25) is 4.79 Å². The molecule has 0 aromatic heterocycles. The topological polar surface area (TPSA) is 55.6 Å². The van der Waals surface area contributed by atoms with Crippen molar-refractivity contribution in [2.45, 2.75) is 39.2 Å². The molecule has 4 nitrogen and oxygen atoms in total. The van der Waals surface area contributed by atoms with Gasteiger partial charge in [0.15, 0.2) is 0 Å². The quantitative estimate of drug-likeness (QED) is 0.713. The van der Waals surface area contributed by atoms with E-state index in [2.05, 4.69) is 13.8 Å². The maximum atomic E-state index is 12.1. The molecule has 4 heteroatoms. The van der Waals surface area contributed by atoms with E-state index in [0.717, 1.165) is 32.4 Å². The summed E-state index contributed by atoms with van der Waals surface area (Å²) in [5, 5.41) is 0. The SMILES string of the molecule is COCCCC(N)C(=O)N1CCC(C(C)C)C1. The molecule has 1 aliphatic heterocycles. The van der Waals surface area contributed by atoms with Crippen LogP contribution in [0.1, 0.15) is 33.1 Å². The third-order valence-corrected chi connectivity index (χ3v) is 3.66. The zero-order chi connectivity index (χ0) is 12.8. The Morgan fingerprint density at radius 3 is 2.76 bits per heavy atom. The van der Waals surface area contributed by atoms with Crippen LogP contribution >= 0.6 is 0 Å². The van der Waals surface area contributed by atoms with Gasteiger partial charge in [0.25, 0.3) is 0 Å². The van der Waals surface area contributed by atoms with E-state index in [1.807, 2.05) is 4.90 Å². The van der Waals surface area contributed by atoms with Crippen molar-refractivity contribution in [3.63, 3.8) is 0 Å². The molecule has 17 heavy (non-hydrogen) atoms. The largest absolute Gasteiger partial charge is 0.385 e. The van der Waals surface area contributed by atoms with Gasteiger partial charge in [-0.1, -0.05) is 13.8 Å². The summed E-state index contributed by atoms with van der Waals surface area (Å²) in [6, 6.07) is -0.351. The molecule has 100 valence electrons. The number of hydrogen-bond acceptors (Lipinski definition) is 3. The van der Waals surface area contributed by atoms with Crippen LogP contribution in [0.4, 0.5) is 0 Å². The van der Waals surface area contributed by atoms with Crippen molar-refractivity contribution < 1.29 is 9.53 Å². The van der Waals surface area contributed by atoms with Gasteiger partial charge in [-0.2, -0.15) is 0 Å². The number of nitrogens with two attached hydrogens (primary N) is 1. The van der Waals surface area contributed by atoms with Crippen molar-refractivity contribution in [2.75, 3.05) is 26.8 Å². The molecule has 0 saturated carbocycles. The summed E-state index contributed by atoms with van der Waals surface area (Å²) in [6.07, 6.45) is 2.69. The predicted octanol–water partition coefficient (Wildman–Crippen LogP) is 1.24. The van der Waals surface area contributed by atoms with Gasteiger partial charge in [-0.15, -0.1) is 0 Å². The predicted molar refractivity (Wildman–Crippen MR) is 68.6 cm³/mol. The summed E-state index contributed by atoms with van der Waals surface area (Å²) in [5.74, 6) is 1.41. The Labute approximate surface area is 104 Å². The first-order valence-electron chi connectivity index (χ1n) is 6.59. The maximum absolute atomic E-state index is 12.1. The highest BCUT2D eigenvalue weighted by Gasteiger charge is 2.30. The van der Waals surface area contributed by atoms with Crippen LogP contribution < -0.4 is 5.73 Å². The van der Waals surface area contributed by atoms with Crippen LogP contribution in [0, 0.1) is 11.8 Å². The van der Waals surface area contributed by atoms with E-state index in [-0.39, 0.29) is 11.9 Å². The fourth-order valence-corrected chi connectivity index (χ4v) is 2.34. The molecule has 0 radical (unpaired) electrons. The molecule has 0 aromatic carbocycles. The summed E-state index contributed by atoms with van der Waals surface area (Å²) >= 11 is 0. The van der Waals surface area contributed by atoms with E-state index < -0.39 is 0 Å². The zero-order valence-electron chi connectivity index (χ0n) is 11.3. The van der Waals surface area contributed by atoms with Crippen LogP contribution in [0.2, 0.25) is 0 Å². The van der Waals surface area contributed by atoms with Gasteiger partial charge in [0.05, 0.1) is 6.04 Å². The highest BCUT2D eigenvalue weighted by molar-refractivity contribution is 5.81. The molecule has 2 atom stereocenters. The lowest BCUT2D eigenvalue weighted by molar-refractivity contribution is -0.131. The fraction of sp³-hybridized carbons (Fsp3) is 0.923. The molecule has 1 saturated heterocycles. The summed E-state index contributed by atoms with van der Waals surface area (Å²) in [7, 11) is 1.67. The van der Waals surface area contributed by atoms with Crippen LogP contribution in [-0.4, -0.2) is 43.7 Å². The summed E-state index contributed by atoms with van der Waals surface area (Å²) in [5.41, 5.74) is 5.91. The number of amides is 1. The monoisotopic (exact) mass is 242 g/mol. The van der Waals surface area contributed by atoms with Gasteiger partial charge in [-0.05, 0) is 31.1 Å². The highest BCUT2D eigenvalue weighted by Crippen LogP contribution is 2.24. The Hall–Kier alpha value is -0.610. The molecule has 1 heterocycles. The lowest BCUT2D eigenvalue weighted by Gasteiger charge is -2.21. The van der Waals surface area contributed by atoms with Crippen LogP contribution in [0.3, 0.4) is 0 Å². The molecule has 0 aromatic rings. The van der Waals surface area contributed by atoms with E-state index in [0.29, 0.717) is 18.4 Å². The summed E-state index contributed by atoms with van der Waals surface area (Å²) < 4.78 is 4.97. The fourth-order valence-electron chi connectivity index (χ4n) is 2.34. The number of rotatable bonds is 6. The van der Waals surface area contributed by atoms with E-state index in [4.69, 9.17) is 10.5 Å². The van der Waals surface area contributed by atoms with Crippen molar-refractivity contribution in [2.24, 2.45) is 17.6 Å². The van der Waals surface area contributed by atoms with E-state index in [1.165, 1.54) is 0 Å². The van der Waals surface area contributed by atoms with Crippen molar-refractivity contribution in [1.82, 2.24) is 4.90 Å². The minimum Gasteiger partial charge on any atom is -0.385 e. The second-order valence-electron chi connectivity index (χ2n) is 5.32. The zero-order valence-corrected chi connectivity index (χ0v) is 11.3. The third kappa shape index (κ3) is 4.28. The molecule has 1 fully saturated rings. The van der Waals surface area contributed by atoms with Crippen molar-refractivity contribution >= 4 is 5.91 Å². The second kappa shape index (κ2) is 6.97. The van der Waals surface area contributed by atoms with E-state index >= 15 is 0 Å². The summed E-state index contributed by atoms with van der Waals surface area (Å²) in [6.45, 7) is 6.87. The number of ether oxygens (including phenoxy) is 1. The standard InChI is InChI=1S/C13H26N2O2/c1-10(2)11-6-7-15(9-11)13(16)12(14)5-4-8-17-3/h10-12H,4-9,14H2,1-3H3. The Balaban J connectivity index is 2.32. The molecule has 1 aliphatic rings. The van der Waals surface area contributed by atoms with Gasteiger partial charge in [0, 0.05) is 26.8 Å². The molecule has 0 bridgehead atoms. The average molecular weight is 242 g/mol. The number of carbonyl (C=O) groups is 1. The molecule has 0 aliphatic carbocycles. The molecular weight excluding hydrogens is 216 g/mol. The van der Waals surface area contributed by atoms with Crippen LogP contribution in [-0.2, 0) is 9.53 Å². The lowest BCUT2D eigenvalue weighted by Crippen LogP contribution is -2.42. The number of methoxy groups -OCH3 is 1. The second-order valence-corrected chi connectivity index (χ2v) is 5.32. The normalized spacial score (nSPS) is 22.2. The van der Waals surface area contributed by atoms with Gasteiger partial charge in [0.2, 0.25) is 5.91 Å². The molecule has 1 amide bonds. The van der Waals surface area contributed by atoms with Crippen LogP contribution in [0.25, 0.3) is 0 Å². The van der Waals surface area contributed by atoms with Crippen molar-refractivity contribution in [1.29, 1.82) is 0 Å². The number of hydrogen-bond donors (Lipinski definition) is 1. The molecular formula is C13H26N2O2. The van der Waals surface area contributed by atoms with E-state index in [9.17, 15) is 4.79 Å². The van der Waals surface area contributed by atoms with Gasteiger partial charge in [0.1, 0.15) is 0 Å². The van der Waals surface area contributed by atoms with E-state index in [1.54, 1.807) is 7.11 Å². The Morgan fingerprint density at radius 1 is 1.53 bits per heavy atom. The first-order chi connectivity index (χ1) is 8.06.